The molecule has 6 nitrogen and oxygen atoms in total. The Morgan fingerprint density at radius 1 is 0.282 bits per heavy atom. The highest BCUT2D eigenvalue weighted by Gasteiger charge is 2.19. The molecule has 0 aromatic heterocycles. The highest BCUT2D eigenvalue weighted by molar-refractivity contribution is 5.71. The highest BCUT2D eigenvalue weighted by atomic mass is 16.6. The first-order chi connectivity index (χ1) is 35.0. The summed E-state index contributed by atoms with van der Waals surface area (Å²) in [6.45, 7) is 6.52. The lowest BCUT2D eigenvalue weighted by molar-refractivity contribution is -0.167. The Hall–Kier alpha value is -3.67. The van der Waals surface area contributed by atoms with E-state index in [1.807, 2.05) is 0 Å². The van der Waals surface area contributed by atoms with Crippen LogP contribution >= 0.6 is 0 Å². The number of allylic oxidation sites excluding steroid dienone is 16. The fourth-order valence-electron chi connectivity index (χ4n) is 8.02. The van der Waals surface area contributed by atoms with Crippen LogP contribution in [-0.4, -0.2) is 37.2 Å². The molecule has 0 aromatic rings. The summed E-state index contributed by atoms with van der Waals surface area (Å²) in [5.74, 6) is -0.983. The number of hydrogen-bond donors (Lipinski definition) is 0. The second-order valence-corrected chi connectivity index (χ2v) is 19.5. The molecular weight excluding hydrogens is 877 g/mol. The molecule has 0 aliphatic rings. The number of rotatable bonds is 53. The average molecular weight is 988 g/mol. The third-order valence-corrected chi connectivity index (χ3v) is 12.5. The van der Waals surface area contributed by atoms with E-state index in [1.54, 1.807) is 0 Å². The van der Waals surface area contributed by atoms with E-state index in [0.29, 0.717) is 12.8 Å². The van der Waals surface area contributed by atoms with Crippen LogP contribution in [0.3, 0.4) is 0 Å². The van der Waals surface area contributed by atoms with E-state index in [1.165, 1.54) is 141 Å². The van der Waals surface area contributed by atoms with Crippen LogP contribution in [0.5, 0.6) is 0 Å². The fraction of sp³-hybridized carbons (Fsp3) is 0.708. The van der Waals surface area contributed by atoms with Crippen LogP contribution in [0.1, 0.15) is 278 Å². The summed E-state index contributed by atoms with van der Waals surface area (Å²) < 4.78 is 16.8. The van der Waals surface area contributed by atoms with Gasteiger partial charge in [0.25, 0.3) is 0 Å². The minimum atomic E-state index is -0.814. The normalized spacial score (nSPS) is 12.8. The quantitative estimate of drug-likeness (QED) is 0.0261. The second-order valence-electron chi connectivity index (χ2n) is 19.5. The molecule has 0 fully saturated rings. The molecule has 406 valence electrons. The largest absolute Gasteiger partial charge is 0.462 e. The molecule has 0 unspecified atom stereocenters. The summed E-state index contributed by atoms with van der Waals surface area (Å²) in [5, 5.41) is 0. The summed E-state index contributed by atoms with van der Waals surface area (Å²) in [6.07, 6.45) is 78.3. The van der Waals surface area contributed by atoms with Gasteiger partial charge in [0.15, 0.2) is 6.10 Å². The van der Waals surface area contributed by atoms with Crippen LogP contribution in [0.2, 0.25) is 0 Å². The summed E-state index contributed by atoms with van der Waals surface area (Å²) in [6, 6.07) is 0. The van der Waals surface area contributed by atoms with E-state index in [-0.39, 0.29) is 44.0 Å². The summed E-state index contributed by atoms with van der Waals surface area (Å²) >= 11 is 0. The van der Waals surface area contributed by atoms with Crippen molar-refractivity contribution in [3.8, 4) is 0 Å². The van der Waals surface area contributed by atoms with E-state index in [2.05, 4.69) is 118 Å². The van der Waals surface area contributed by atoms with E-state index < -0.39 is 6.10 Å². The van der Waals surface area contributed by atoms with Crippen LogP contribution in [0.25, 0.3) is 0 Å². The molecular formula is C65H110O6. The molecule has 0 aromatic carbocycles. The van der Waals surface area contributed by atoms with Crippen molar-refractivity contribution in [2.24, 2.45) is 0 Å². The van der Waals surface area contributed by atoms with Gasteiger partial charge in [-0.1, -0.05) is 234 Å². The third kappa shape index (κ3) is 57.1. The number of carbonyl (C=O) groups is 3. The minimum Gasteiger partial charge on any atom is -0.462 e. The van der Waals surface area contributed by atoms with Crippen molar-refractivity contribution in [2.45, 2.75) is 284 Å². The van der Waals surface area contributed by atoms with Crippen LogP contribution in [0, 0.1) is 0 Å². The first-order valence-corrected chi connectivity index (χ1v) is 29.7. The second kappa shape index (κ2) is 58.9. The molecule has 0 saturated carbocycles. The molecule has 0 saturated heterocycles. The maximum atomic E-state index is 12.9. The average Bonchev–Trinajstić information content (AvgIpc) is 3.37. The van der Waals surface area contributed by atoms with Crippen molar-refractivity contribution >= 4 is 17.9 Å². The lowest BCUT2D eigenvalue weighted by Crippen LogP contribution is -2.30. The predicted molar refractivity (Wildman–Crippen MR) is 307 cm³/mol. The molecule has 0 amide bonds. The van der Waals surface area contributed by atoms with Crippen molar-refractivity contribution in [1.29, 1.82) is 0 Å². The topological polar surface area (TPSA) is 78.9 Å². The van der Waals surface area contributed by atoms with Gasteiger partial charge < -0.3 is 14.2 Å². The Balaban J connectivity index is 4.50. The van der Waals surface area contributed by atoms with Gasteiger partial charge in [-0.05, 0) is 122 Å². The van der Waals surface area contributed by atoms with Crippen molar-refractivity contribution in [2.75, 3.05) is 13.2 Å². The lowest BCUT2D eigenvalue weighted by Gasteiger charge is -2.18. The van der Waals surface area contributed by atoms with Gasteiger partial charge in [0.05, 0.1) is 0 Å². The standard InChI is InChI=1S/C65H110O6/c1-4-7-10-13-16-19-22-25-28-31-32-35-37-40-43-46-49-52-55-58-64(67)70-61-62(71-65(68)59-56-53-50-47-44-41-38-34-30-27-24-21-18-15-12-9-6-3)60-69-63(66)57-54-51-48-45-42-39-36-33-29-26-23-20-17-14-11-8-5-2/h17-18,20-21,25-30,36,38-39,41,45,48,62H,4-16,19,22-24,31-35,37,40,42-44,46-47,49-61H2,1-3H3/b20-17-,21-18-,28-25-,29-26-,30-27-,39-36-,41-38-,48-45-/t62-/m1/s1. The van der Waals surface area contributed by atoms with Gasteiger partial charge >= 0.3 is 17.9 Å². The van der Waals surface area contributed by atoms with Crippen molar-refractivity contribution in [1.82, 2.24) is 0 Å². The zero-order valence-electron chi connectivity index (χ0n) is 46.5. The van der Waals surface area contributed by atoms with Gasteiger partial charge in [0.2, 0.25) is 0 Å². The molecule has 0 bridgehead atoms. The van der Waals surface area contributed by atoms with Crippen LogP contribution in [0.15, 0.2) is 97.2 Å². The Morgan fingerprint density at radius 3 is 0.887 bits per heavy atom. The van der Waals surface area contributed by atoms with Crippen LogP contribution in [-0.2, 0) is 28.6 Å². The molecule has 71 heavy (non-hydrogen) atoms. The molecule has 1 atom stereocenters. The Labute approximate surface area is 438 Å². The smallest absolute Gasteiger partial charge is 0.306 e. The van der Waals surface area contributed by atoms with Crippen molar-refractivity contribution in [3.63, 3.8) is 0 Å². The summed E-state index contributed by atoms with van der Waals surface area (Å²) in [5.41, 5.74) is 0. The zero-order chi connectivity index (χ0) is 51.4. The van der Waals surface area contributed by atoms with E-state index >= 15 is 0 Å². The maximum Gasteiger partial charge on any atom is 0.306 e. The maximum absolute atomic E-state index is 12.9. The number of hydrogen-bond acceptors (Lipinski definition) is 6. The monoisotopic (exact) mass is 987 g/mol. The lowest BCUT2D eigenvalue weighted by atomic mass is 10.1. The van der Waals surface area contributed by atoms with E-state index in [0.717, 1.165) is 89.9 Å². The molecule has 0 aliphatic carbocycles. The Bertz CT molecular complexity index is 1410. The highest BCUT2D eigenvalue weighted by Crippen LogP contribution is 2.14. The summed E-state index contributed by atoms with van der Waals surface area (Å²) in [4.78, 5) is 38.2. The first-order valence-electron chi connectivity index (χ1n) is 29.7. The number of unbranched alkanes of at least 4 members (excludes halogenated alkanes) is 26. The Kier molecular flexibility index (Phi) is 55.9. The molecule has 0 aliphatic heterocycles. The van der Waals surface area contributed by atoms with Gasteiger partial charge in [-0.3, -0.25) is 14.4 Å². The van der Waals surface area contributed by atoms with Gasteiger partial charge in [-0.15, -0.1) is 0 Å². The Morgan fingerprint density at radius 2 is 0.521 bits per heavy atom. The number of carbonyl (C=O) groups excluding carboxylic acids is 3. The number of ether oxygens (including phenoxy) is 3. The van der Waals surface area contributed by atoms with Gasteiger partial charge in [0.1, 0.15) is 13.2 Å². The molecule has 0 rings (SSSR count). The molecule has 0 spiro atoms. The van der Waals surface area contributed by atoms with Crippen molar-refractivity contribution < 1.29 is 28.6 Å². The predicted octanol–water partition coefficient (Wildman–Crippen LogP) is 20.1. The third-order valence-electron chi connectivity index (χ3n) is 12.5. The van der Waals surface area contributed by atoms with Crippen LogP contribution < -0.4 is 0 Å². The van der Waals surface area contributed by atoms with Crippen molar-refractivity contribution in [3.05, 3.63) is 97.2 Å². The number of esters is 3. The zero-order valence-corrected chi connectivity index (χ0v) is 46.5. The SMILES string of the molecule is CCCCC/C=C\C/C=C\C/C=C\C/C=C\CCCC(=O)OC[C@H](COC(=O)CCCCCCCCCCC/C=C\CCCCCCCC)OC(=O)CCCCCC/C=C\C/C=C\C/C=C\CCCCC. The van der Waals surface area contributed by atoms with E-state index in [9.17, 15) is 14.4 Å². The van der Waals surface area contributed by atoms with Crippen LogP contribution in [0.4, 0.5) is 0 Å². The molecule has 0 radical (unpaired) electrons. The molecule has 0 heterocycles. The molecule has 6 heteroatoms. The minimum absolute atomic E-state index is 0.105. The van der Waals surface area contributed by atoms with Gasteiger partial charge in [0, 0.05) is 19.3 Å². The summed E-state index contributed by atoms with van der Waals surface area (Å²) in [7, 11) is 0. The fourth-order valence-corrected chi connectivity index (χ4v) is 8.02. The molecule has 0 N–H and O–H groups in total. The van der Waals surface area contributed by atoms with E-state index in [4.69, 9.17) is 14.2 Å². The first kappa shape index (κ1) is 67.3. The van der Waals surface area contributed by atoms with Gasteiger partial charge in [-0.2, -0.15) is 0 Å². The van der Waals surface area contributed by atoms with Gasteiger partial charge in [-0.25, -0.2) is 0 Å².